The third-order valence-electron chi connectivity index (χ3n) is 1.70. The number of rotatable bonds is 6. The van der Waals surface area contributed by atoms with Gasteiger partial charge in [-0.05, 0) is 12.3 Å². The number of hydrogen-bond acceptors (Lipinski definition) is 2. The van der Waals surface area contributed by atoms with Gasteiger partial charge in [0.05, 0.1) is 6.10 Å². The number of allylic oxidation sites excluding steroid dienone is 1. The van der Waals surface area contributed by atoms with Crippen LogP contribution in [0.2, 0.25) is 0 Å². The maximum absolute atomic E-state index is 9.87. The molecule has 0 rings (SSSR count). The van der Waals surface area contributed by atoms with Gasteiger partial charge in [0.1, 0.15) is 0 Å². The van der Waals surface area contributed by atoms with E-state index in [0.29, 0.717) is 5.92 Å². The van der Waals surface area contributed by atoms with Gasteiger partial charge < -0.3 is 5.11 Å². The van der Waals surface area contributed by atoms with Crippen molar-refractivity contribution in [3.05, 3.63) is 12.2 Å². The first kappa shape index (κ1) is 11.4. The average molecular weight is 169 g/mol. The number of carbonyl (C=O) groups excluding carboxylic acids is 1. The summed E-state index contributed by atoms with van der Waals surface area (Å²) in [4.78, 5) is 9.87. The monoisotopic (exact) mass is 169 g/mol. The minimum absolute atomic E-state index is 0.0787. The highest BCUT2D eigenvalue weighted by Crippen LogP contribution is 2.07. The zero-order chi connectivity index (χ0) is 9.40. The Balaban J connectivity index is 3.63. The maximum atomic E-state index is 9.87. The van der Waals surface area contributed by atoms with Crippen LogP contribution >= 0.6 is 0 Å². The summed E-state index contributed by atoms with van der Waals surface area (Å²) in [5, 5.41) is 9.12. The molecule has 2 nitrogen and oxygen atoms in total. The molecule has 1 radical (unpaired) electrons. The van der Waals surface area contributed by atoms with E-state index in [1.54, 1.807) is 12.4 Å². The molecule has 0 bridgehead atoms. The van der Waals surface area contributed by atoms with Crippen LogP contribution in [0.15, 0.2) is 12.2 Å². The predicted molar refractivity (Wildman–Crippen MR) is 49.5 cm³/mol. The van der Waals surface area contributed by atoms with Crippen molar-refractivity contribution < 1.29 is 9.90 Å². The van der Waals surface area contributed by atoms with Gasteiger partial charge in [0.2, 0.25) is 6.29 Å². The highest BCUT2D eigenvalue weighted by Gasteiger charge is 1.99. The summed E-state index contributed by atoms with van der Waals surface area (Å²) in [5.41, 5.74) is 0. The van der Waals surface area contributed by atoms with Crippen LogP contribution in [-0.2, 0) is 4.79 Å². The summed E-state index contributed by atoms with van der Waals surface area (Å²) in [6.45, 7) is 4.22. The van der Waals surface area contributed by atoms with Crippen molar-refractivity contribution >= 4 is 6.29 Å². The molecule has 2 atom stereocenters. The molecule has 0 aliphatic rings. The second-order valence-corrected chi connectivity index (χ2v) is 3.07. The lowest BCUT2D eigenvalue weighted by Crippen LogP contribution is -2.03. The van der Waals surface area contributed by atoms with Gasteiger partial charge in [-0.3, -0.25) is 4.79 Å². The summed E-state index contributed by atoms with van der Waals surface area (Å²) in [7, 11) is 0. The van der Waals surface area contributed by atoms with E-state index in [4.69, 9.17) is 5.11 Å². The quantitative estimate of drug-likeness (QED) is 0.616. The minimum atomic E-state index is -0.651. The van der Waals surface area contributed by atoms with Crippen molar-refractivity contribution in [1.82, 2.24) is 0 Å². The fourth-order valence-electron chi connectivity index (χ4n) is 1.02. The highest BCUT2D eigenvalue weighted by atomic mass is 16.3. The van der Waals surface area contributed by atoms with Crippen LogP contribution in [-0.4, -0.2) is 17.5 Å². The summed E-state index contributed by atoms with van der Waals surface area (Å²) < 4.78 is 0. The van der Waals surface area contributed by atoms with Crippen LogP contribution in [0.3, 0.4) is 0 Å². The highest BCUT2D eigenvalue weighted by molar-refractivity contribution is 5.51. The first-order valence-electron chi connectivity index (χ1n) is 4.42. The molecule has 0 saturated carbocycles. The first-order valence-corrected chi connectivity index (χ1v) is 4.42. The van der Waals surface area contributed by atoms with Gasteiger partial charge in [-0.1, -0.05) is 32.4 Å². The molecule has 2 heteroatoms. The van der Waals surface area contributed by atoms with Crippen molar-refractivity contribution in [1.29, 1.82) is 0 Å². The average Bonchev–Trinajstić information content (AvgIpc) is 2.02. The van der Waals surface area contributed by atoms with Crippen molar-refractivity contribution in [3.8, 4) is 0 Å². The molecule has 12 heavy (non-hydrogen) atoms. The molecular formula is C10H17O2. The molecule has 0 aromatic heterocycles. The first-order chi connectivity index (χ1) is 5.70. The molecule has 0 heterocycles. The van der Waals surface area contributed by atoms with E-state index < -0.39 is 6.10 Å². The lowest BCUT2D eigenvalue weighted by atomic mass is 10.0. The molecular weight excluding hydrogens is 152 g/mol. The third-order valence-corrected chi connectivity index (χ3v) is 1.70. The van der Waals surface area contributed by atoms with E-state index in [9.17, 15) is 4.79 Å². The van der Waals surface area contributed by atoms with Gasteiger partial charge in [-0.15, -0.1) is 0 Å². The van der Waals surface area contributed by atoms with Gasteiger partial charge in [0.15, 0.2) is 0 Å². The van der Waals surface area contributed by atoms with Crippen LogP contribution in [0.5, 0.6) is 0 Å². The fourth-order valence-corrected chi connectivity index (χ4v) is 1.02. The molecule has 0 aliphatic carbocycles. The smallest absolute Gasteiger partial charge is 0.201 e. The normalized spacial score (nSPS) is 16.2. The van der Waals surface area contributed by atoms with Crippen molar-refractivity contribution in [2.24, 2.45) is 5.92 Å². The maximum Gasteiger partial charge on any atom is 0.201 e. The van der Waals surface area contributed by atoms with E-state index in [-0.39, 0.29) is 6.42 Å². The van der Waals surface area contributed by atoms with Crippen LogP contribution in [0.25, 0.3) is 0 Å². The minimum Gasteiger partial charge on any atom is -0.389 e. The van der Waals surface area contributed by atoms with E-state index in [2.05, 4.69) is 13.8 Å². The Hall–Kier alpha value is -0.630. The van der Waals surface area contributed by atoms with Crippen LogP contribution in [0, 0.1) is 5.92 Å². The molecule has 0 aromatic rings. The predicted octanol–water partition coefficient (Wildman–Crippen LogP) is 1.84. The Bertz CT molecular complexity index is 141. The van der Waals surface area contributed by atoms with E-state index in [1.165, 1.54) is 0 Å². The van der Waals surface area contributed by atoms with Crippen LogP contribution in [0.4, 0.5) is 0 Å². The van der Waals surface area contributed by atoms with Gasteiger partial charge in [0.25, 0.3) is 0 Å². The Morgan fingerprint density at radius 3 is 2.67 bits per heavy atom. The van der Waals surface area contributed by atoms with Crippen molar-refractivity contribution in [3.63, 3.8) is 0 Å². The molecule has 2 unspecified atom stereocenters. The second-order valence-electron chi connectivity index (χ2n) is 3.07. The zero-order valence-electron chi connectivity index (χ0n) is 7.79. The Morgan fingerprint density at radius 1 is 1.50 bits per heavy atom. The Labute approximate surface area is 74.3 Å². The topological polar surface area (TPSA) is 37.3 Å². The molecule has 0 spiro atoms. The third kappa shape index (κ3) is 6.10. The number of aliphatic hydroxyl groups is 1. The lowest BCUT2D eigenvalue weighted by molar-refractivity contribution is 0.229. The van der Waals surface area contributed by atoms with Gasteiger partial charge >= 0.3 is 0 Å². The lowest BCUT2D eigenvalue weighted by Gasteiger charge is -2.04. The Kier molecular flexibility index (Phi) is 6.67. The molecule has 0 aromatic carbocycles. The number of aliphatic hydroxyl groups excluding tert-OH is 1. The second kappa shape index (κ2) is 7.04. The van der Waals surface area contributed by atoms with E-state index >= 15 is 0 Å². The SMILES string of the molecule is CCCC(C)/C=C\C(O)C[C]=O. The summed E-state index contributed by atoms with van der Waals surface area (Å²) in [6.07, 6.45) is 6.98. The Morgan fingerprint density at radius 2 is 2.17 bits per heavy atom. The molecule has 69 valence electrons. The zero-order valence-corrected chi connectivity index (χ0v) is 7.79. The van der Waals surface area contributed by atoms with Crippen molar-refractivity contribution in [2.45, 2.75) is 39.2 Å². The fraction of sp³-hybridized carbons (Fsp3) is 0.700. The van der Waals surface area contributed by atoms with Gasteiger partial charge in [-0.25, -0.2) is 0 Å². The standard InChI is InChI=1S/C10H17O2/c1-3-4-9(2)5-6-10(12)7-8-11/h5-6,9-10,12H,3-4,7H2,1-2H3/b6-5-. The van der Waals surface area contributed by atoms with Gasteiger partial charge in [-0.2, -0.15) is 0 Å². The summed E-state index contributed by atoms with van der Waals surface area (Å²) in [5.74, 6) is 0.483. The molecule has 1 N–H and O–H groups in total. The molecule has 0 aliphatic heterocycles. The van der Waals surface area contributed by atoms with Crippen LogP contribution in [0.1, 0.15) is 33.1 Å². The van der Waals surface area contributed by atoms with E-state index in [0.717, 1.165) is 12.8 Å². The molecule has 0 amide bonds. The molecule has 0 saturated heterocycles. The van der Waals surface area contributed by atoms with Crippen molar-refractivity contribution in [2.75, 3.05) is 0 Å². The largest absolute Gasteiger partial charge is 0.389 e. The van der Waals surface area contributed by atoms with E-state index in [1.807, 2.05) is 6.08 Å². The van der Waals surface area contributed by atoms with Crippen LogP contribution < -0.4 is 0 Å². The molecule has 0 fully saturated rings. The summed E-state index contributed by atoms with van der Waals surface area (Å²) >= 11 is 0. The number of hydrogen-bond donors (Lipinski definition) is 1. The van der Waals surface area contributed by atoms with Gasteiger partial charge in [0, 0.05) is 6.42 Å². The summed E-state index contributed by atoms with van der Waals surface area (Å²) in [6, 6.07) is 0.